The van der Waals surface area contributed by atoms with E-state index in [1.54, 1.807) is 48.7 Å². The first-order valence-electron chi connectivity index (χ1n) is 8.15. The van der Waals surface area contributed by atoms with E-state index >= 15 is 0 Å². The summed E-state index contributed by atoms with van der Waals surface area (Å²) in [4.78, 5) is 15.1. The summed E-state index contributed by atoms with van der Waals surface area (Å²) < 4.78 is 0. The predicted octanol–water partition coefficient (Wildman–Crippen LogP) is 4.91. The number of benzene rings is 2. The molecule has 0 aliphatic rings. The summed E-state index contributed by atoms with van der Waals surface area (Å²) in [6, 6.07) is 19.4. The molecule has 0 fully saturated rings. The smallest absolute Gasteiger partial charge is 0.292 e. The van der Waals surface area contributed by atoms with Crippen LogP contribution in [0.2, 0.25) is 5.02 Å². The van der Waals surface area contributed by atoms with Crippen LogP contribution in [0.4, 0.5) is 11.4 Å². The zero-order valence-electron chi connectivity index (χ0n) is 14.2. The number of nitrogens with zero attached hydrogens (tertiary/aromatic N) is 3. The van der Waals surface area contributed by atoms with Gasteiger partial charge in [0.25, 0.3) is 5.69 Å². The molecule has 3 aromatic rings. The van der Waals surface area contributed by atoms with Crippen molar-refractivity contribution >= 4 is 23.0 Å². The van der Waals surface area contributed by atoms with Crippen LogP contribution in [0.25, 0.3) is 0 Å². The molecule has 0 radical (unpaired) electrons. The van der Waals surface area contributed by atoms with Crippen molar-refractivity contribution in [2.24, 2.45) is 0 Å². The van der Waals surface area contributed by atoms with Crippen molar-refractivity contribution in [1.29, 1.82) is 5.26 Å². The molecular weight excluding hydrogens is 364 g/mol. The number of halogens is 1. The van der Waals surface area contributed by atoms with Crippen LogP contribution in [0.5, 0.6) is 0 Å². The average molecular weight is 379 g/mol. The molecule has 1 N–H and O–H groups in total. The molecule has 2 aromatic carbocycles. The molecule has 1 heterocycles. The Bertz CT molecular complexity index is 985. The van der Waals surface area contributed by atoms with E-state index in [2.05, 4.69) is 16.4 Å². The third-order valence-corrected chi connectivity index (χ3v) is 4.32. The van der Waals surface area contributed by atoms with Crippen molar-refractivity contribution in [3.63, 3.8) is 0 Å². The second-order valence-electron chi connectivity index (χ2n) is 5.82. The van der Waals surface area contributed by atoms with Gasteiger partial charge in [0.1, 0.15) is 5.69 Å². The first-order valence-corrected chi connectivity index (χ1v) is 8.53. The maximum Gasteiger partial charge on any atom is 0.292 e. The molecule has 27 heavy (non-hydrogen) atoms. The monoisotopic (exact) mass is 378 g/mol. The number of nitrogens with one attached hydrogen (secondary N) is 1. The van der Waals surface area contributed by atoms with E-state index in [4.69, 9.17) is 11.6 Å². The highest BCUT2D eigenvalue weighted by Crippen LogP contribution is 2.32. The zero-order valence-corrected chi connectivity index (χ0v) is 14.9. The Morgan fingerprint density at radius 1 is 1.15 bits per heavy atom. The zero-order chi connectivity index (χ0) is 19.2. The number of anilines is 1. The molecule has 0 aliphatic heterocycles. The van der Waals surface area contributed by atoms with Crippen LogP contribution >= 0.6 is 11.6 Å². The fourth-order valence-electron chi connectivity index (χ4n) is 2.72. The Hall–Kier alpha value is -3.43. The minimum Gasteiger partial charge on any atom is -0.374 e. The largest absolute Gasteiger partial charge is 0.374 e. The predicted molar refractivity (Wildman–Crippen MR) is 104 cm³/mol. The van der Waals surface area contributed by atoms with E-state index in [9.17, 15) is 15.4 Å². The standard InChI is InChI=1S/C20H15ClN4O2/c21-16-7-4-14(5-8-16)18(12-22)15-6-9-20(25(26)27)19(11-15)24-13-17-3-1-2-10-23-17/h1-11,18,24H,13H2. The molecule has 6 nitrogen and oxygen atoms in total. The van der Waals surface area contributed by atoms with Crippen molar-refractivity contribution in [1.82, 2.24) is 4.98 Å². The first-order chi connectivity index (χ1) is 13.1. The minimum atomic E-state index is -0.557. The Morgan fingerprint density at radius 2 is 1.89 bits per heavy atom. The van der Waals surface area contributed by atoms with Gasteiger partial charge in [0.05, 0.1) is 29.1 Å². The van der Waals surface area contributed by atoms with Gasteiger partial charge >= 0.3 is 0 Å². The molecule has 0 amide bonds. The lowest BCUT2D eigenvalue weighted by atomic mass is 9.92. The lowest BCUT2D eigenvalue weighted by Gasteiger charge is -2.13. The van der Waals surface area contributed by atoms with E-state index in [-0.39, 0.29) is 5.69 Å². The highest BCUT2D eigenvalue weighted by atomic mass is 35.5. The van der Waals surface area contributed by atoms with Crippen molar-refractivity contribution in [3.05, 3.63) is 98.8 Å². The molecule has 1 unspecified atom stereocenters. The van der Waals surface area contributed by atoms with Crippen LogP contribution in [0.3, 0.4) is 0 Å². The van der Waals surface area contributed by atoms with Gasteiger partial charge in [0.15, 0.2) is 0 Å². The Balaban J connectivity index is 1.93. The lowest BCUT2D eigenvalue weighted by molar-refractivity contribution is -0.384. The van der Waals surface area contributed by atoms with Gasteiger partial charge in [-0.15, -0.1) is 0 Å². The number of nitro groups is 1. The van der Waals surface area contributed by atoms with Crippen LogP contribution < -0.4 is 5.32 Å². The average Bonchev–Trinajstić information content (AvgIpc) is 2.69. The van der Waals surface area contributed by atoms with Gasteiger partial charge < -0.3 is 5.32 Å². The van der Waals surface area contributed by atoms with Crippen molar-refractivity contribution in [3.8, 4) is 6.07 Å². The molecule has 0 bridgehead atoms. The maximum atomic E-state index is 11.4. The molecule has 134 valence electrons. The van der Waals surface area contributed by atoms with Crippen LogP contribution in [-0.2, 0) is 6.54 Å². The SMILES string of the molecule is N#CC(c1ccc(Cl)cc1)c1ccc([N+](=O)[O-])c(NCc2ccccn2)c1. The van der Waals surface area contributed by atoms with Gasteiger partial charge in [-0.25, -0.2) is 0 Å². The summed E-state index contributed by atoms with van der Waals surface area (Å²) >= 11 is 5.91. The molecule has 0 saturated carbocycles. The van der Waals surface area contributed by atoms with Gasteiger partial charge in [0, 0.05) is 17.3 Å². The maximum absolute atomic E-state index is 11.4. The summed E-state index contributed by atoms with van der Waals surface area (Å²) in [5.74, 6) is -0.557. The summed E-state index contributed by atoms with van der Waals surface area (Å²) in [5.41, 5.74) is 2.48. The Kier molecular flexibility index (Phi) is 5.64. The van der Waals surface area contributed by atoms with Crippen molar-refractivity contribution in [2.75, 3.05) is 5.32 Å². The number of hydrogen-bond acceptors (Lipinski definition) is 5. The second-order valence-corrected chi connectivity index (χ2v) is 6.26. The molecule has 7 heteroatoms. The number of aromatic nitrogens is 1. The summed E-state index contributed by atoms with van der Waals surface area (Å²) in [6.45, 7) is 0.337. The summed E-state index contributed by atoms with van der Waals surface area (Å²) in [5, 5.41) is 24.6. The third kappa shape index (κ3) is 4.40. The third-order valence-electron chi connectivity index (χ3n) is 4.07. The van der Waals surface area contributed by atoms with Crippen LogP contribution in [0.1, 0.15) is 22.7 Å². The van der Waals surface area contributed by atoms with Crippen molar-refractivity contribution in [2.45, 2.75) is 12.5 Å². The fraction of sp³-hybridized carbons (Fsp3) is 0.100. The van der Waals surface area contributed by atoms with Gasteiger partial charge in [0.2, 0.25) is 0 Å². The molecule has 1 atom stereocenters. The molecule has 0 saturated heterocycles. The van der Waals surface area contributed by atoms with E-state index in [1.807, 2.05) is 12.1 Å². The quantitative estimate of drug-likeness (QED) is 0.486. The van der Waals surface area contributed by atoms with Crippen LogP contribution in [-0.4, -0.2) is 9.91 Å². The van der Waals surface area contributed by atoms with E-state index in [0.29, 0.717) is 22.8 Å². The van der Waals surface area contributed by atoms with Gasteiger partial charge in [-0.2, -0.15) is 5.26 Å². The van der Waals surface area contributed by atoms with E-state index < -0.39 is 10.8 Å². The van der Waals surface area contributed by atoms with Crippen molar-refractivity contribution < 1.29 is 4.92 Å². The van der Waals surface area contributed by atoms with Crippen LogP contribution in [0, 0.1) is 21.4 Å². The summed E-state index contributed by atoms with van der Waals surface area (Å²) in [6.07, 6.45) is 1.66. The number of nitro benzene ring substituents is 1. The fourth-order valence-corrected chi connectivity index (χ4v) is 2.85. The number of pyridine rings is 1. The molecule has 0 aliphatic carbocycles. The number of nitriles is 1. The molecular formula is C20H15ClN4O2. The normalized spacial score (nSPS) is 11.4. The lowest BCUT2D eigenvalue weighted by Crippen LogP contribution is -2.06. The highest BCUT2D eigenvalue weighted by molar-refractivity contribution is 6.30. The van der Waals surface area contributed by atoms with E-state index in [0.717, 1.165) is 11.3 Å². The molecule has 1 aromatic heterocycles. The summed E-state index contributed by atoms with van der Waals surface area (Å²) in [7, 11) is 0. The first kappa shape index (κ1) is 18.4. The van der Waals surface area contributed by atoms with E-state index in [1.165, 1.54) is 6.07 Å². The Morgan fingerprint density at radius 3 is 2.52 bits per heavy atom. The Labute approximate surface area is 161 Å². The van der Waals surface area contributed by atoms with Gasteiger partial charge in [-0.05, 0) is 41.5 Å². The number of rotatable bonds is 6. The molecule has 3 rings (SSSR count). The minimum absolute atomic E-state index is 0.0533. The van der Waals surface area contributed by atoms with Gasteiger partial charge in [-0.3, -0.25) is 15.1 Å². The highest BCUT2D eigenvalue weighted by Gasteiger charge is 2.19. The number of hydrogen-bond donors (Lipinski definition) is 1. The topological polar surface area (TPSA) is 91.8 Å². The second kappa shape index (κ2) is 8.30. The molecule has 0 spiro atoms. The van der Waals surface area contributed by atoms with Crippen LogP contribution in [0.15, 0.2) is 66.9 Å². The van der Waals surface area contributed by atoms with Gasteiger partial charge in [-0.1, -0.05) is 35.9 Å².